The van der Waals surface area contributed by atoms with Gasteiger partial charge in [0.05, 0.1) is 26.7 Å². The van der Waals surface area contributed by atoms with Crippen molar-refractivity contribution in [3.8, 4) is 10.6 Å². The van der Waals surface area contributed by atoms with E-state index in [1.54, 1.807) is 23.7 Å². The number of aryl methyl sites for hydroxylation is 1. The third-order valence-electron chi connectivity index (χ3n) is 2.82. The lowest BCUT2D eigenvalue weighted by atomic mass is 10.3. The molecule has 8 heteroatoms. The van der Waals surface area contributed by atoms with Gasteiger partial charge < -0.3 is 5.32 Å². The van der Waals surface area contributed by atoms with Gasteiger partial charge >= 0.3 is 0 Å². The Kier molecular flexibility index (Phi) is 3.63. The molecule has 1 aromatic carbocycles. The highest BCUT2D eigenvalue weighted by Gasteiger charge is 2.15. The van der Waals surface area contributed by atoms with Gasteiger partial charge in [-0.25, -0.2) is 9.97 Å². The molecule has 0 aliphatic heterocycles. The largest absolute Gasteiger partial charge is 0.326 e. The lowest BCUT2D eigenvalue weighted by Gasteiger charge is -2.02. The molecule has 3 aromatic rings. The topological polar surface area (TPSA) is 81.0 Å². The summed E-state index contributed by atoms with van der Waals surface area (Å²) < 4.78 is 0. The number of benzene rings is 1. The van der Waals surface area contributed by atoms with Gasteiger partial charge in [0.15, 0.2) is 5.13 Å². The number of hydrogen-bond acceptors (Lipinski definition) is 7. The number of nitrogens with zero attached hydrogens (tertiary/aromatic N) is 3. The Morgan fingerprint density at radius 2 is 2.10 bits per heavy atom. The second-order valence-electron chi connectivity index (χ2n) is 4.20. The minimum atomic E-state index is -0.413. The third kappa shape index (κ3) is 2.76. The average Bonchev–Trinajstić information content (AvgIpc) is 3.08. The van der Waals surface area contributed by atoms with Gasteiger partial charge in [-0.1, -0.05) is 12.1 Å². The molecule has 0 saturated heterocycles. The molecule has 21 heavy (non-hydrogen) atoms. The van der Waals surface area contributed by atoms with Crippen LogP contribution in [0.1, 0.15) is 5.69 Å². The van der Waals surface area contributed by atoms with Crippen LogP contribution in [0.2, 0.25) is 0 Å². The number of nitrogens with one attached hydrogen (secondary N) is 1. The first kappa shape index (κ1) is 13.7. The second kappa shape index (κ2) is 5.58. The summed E-state index contributed by atoms with van der Waals surface area (Å²) in [5.41, 5.74) is 4.01. The van der Waals surface area contributed by atoms with E-state index in [2.05, 4.69) is 15.3 Å². The first-order valence-corrected chi connectivity index (χ1v) is 7.77. The van der Waals surface area contributed by atoms with Crippen LogP contribution in [0, 0.1) is 17.0 Å². The van der Waals surface area contributed by atoms with E-state index in [9.17, 15) is 10.1 Å². The first-order valence-electron chi connectivity index (χ1n) is 6.01. The maximum atomic E-state index is 11.0. The normalized spacial score (nSPS) is 10.5. The zero-order valence-electron chi connectivity index (χ0n) is 10.9. The molecule has 1 N–H and O–H groups in total. The van der Waals surface area contributed by atoms with Crippen LogP contribution in [0.3, 0.4) is 0 Å². The molecule has 0 radical (unpaired) electrons. The van der Waals surface area contributed by atoms with Crippen LogP contribution < -0.4 is 5.32 Å². The van der Waals surface area contributed by atoms with Crippen LogP contribution in [-0.2, 0) is 0 Å². The van der Waals surface area contributed by atoms with Gasteiger partial charge in [0.1, 0.15) is 5.69 Å². The molecule has 0 fully saturated rings. The number of rotatable bonds is 4. The molecule has 2 aromatic heterocycles. The Balaban J connectivity index is 1.89. The summed E-state index contributed by atoms with van der Waals surface area (Å²) in [5, 5.41) is 16.5. The van der Waals surface area contributed by atoms with E-state index in [1.807, 2.05) is 12.3 Å². The van der Waals surface area contributed by atoms with Gasteiger partial charge in [-0.2, -0.15) is 0 Å². The molecule has 0 saturated carbocycles. The Labute approximate surface area is 128 Å². The minimum absolute atomic E-state index is 0.0308. The lowest BCUT2D eigenvalue weighted by Crippen LogP contribution is -1.96. The predicted molar refractivity (Wildman–Crippen MR) is 84.3 cm³/mol. The van der Waals surface area contributed by atoms with E-state index in [0.29, 0.717) is 10.8 Å². The van der Waals surface area contributed by atoms with E-state index in [1.165, 1.54) is 28.7 Å². The maximum absolute atomic E-state index is 11.0. The van der Waals surface area contributed by atoms with Crippen molar-refractivity contribution in [1.82, 2.24) is 9.97 Å². The van der Waals surface area contributed by atoms with Gasteiger partial charge in [0.2, 0.25) is 0 Å². The van der Waals surface area contributed by atoms with E-state index < -0.39 is 4.92 Å². The summed E-state index contributed by atoms with van der Waals surface area (Å²) in [6.07, 6.45) is 0. The molecule has 0 amide bonds. The van der Waals surface area contributed by atoms with Crippen LogP contribution >= 0.6 is 22.7 Å². The van der Waals surface area contributed by atoms with E-state index >= 15 is 0 Å². The second-order valence-corrected chi connectivity index (χ2v) is 5.92. The predicted octanol–water partition coefficient (Wildman–Crippen LogP) is 4.23. The van der Waals surface area contributed by atoms with Crippen LogP contribution in [0.4, 0.5) is 16.5 Å². The molecule has 6 nitrogen and oxygen atoms in total. The summed E-state index contributed by atoms with van der Waals surface area (Å²) in [7, 11) is 0. The summed E-state index contributed by atoms with van der Waals surface area (Å²) in [5.74, 6) is 0. The van der Waals surface area contributed by atoms with E-state index in [0.717, 1.165) is 16.3 Å². The van der Waals surface area contributed by atoms with Crippen LogP contribution in [0.5, 0.6) is 0 Å². The smallest absolute Gasteiger partial charge is 0.292 e. The minimum Gasteiger partial charge on any atom is -0.326 e. The fourth-order valence-electron chi connectivity index (χ4n) is 1.84. The molecule has 0 atom stereocenters. The lowest BCUT2D eigenvalue weighted by molar-refractivity contribution is -0.383. The van der Waals surface area contributed by atoms with Crippen LogP contribution in [0.15, 0.2) is 35.2 Å². The molecule has 3 rings (SSSR count). The number of aromatic nitrogens is 2. The number of anilines is 2. The summed E-state index contributed by atoms with van der Waals surface area (Å²) in [6.45, 7) is 1.93. The van der Waals surface area contributed by atoms with Crippen molar-refractivity contribution < 1.29 is 4.92 Å². The van der Waals surface area contributed by atoms with Gasteiger partial charge in [-0.15, -0.1) is 22.7 Å². The number of nitro benzene ring substituents is 1. The number of nitro groups is 1. The highest BCUT2D eigenvalue weighted by molar-refractivity contribution is 7.15. The quantitative estimate of drug-likeness (QED) is 0.575. The van der Waals surface area contributed by atoms with Crippen molar-refractivity contribution in [2.45, 2.75) is 6.92 Å². The molecule has 0 bridgehead atoms. The maximum Gasteiger partial charge on any atom is 0.292 e. The monoisotopic (exact) mass is 318 g/mol. The zero-order valence-corrected chi connectivity index (χ0v) is 12.6. The van der Waals surface area contributed by atoms with Gasteiger partial charge in [-0.3, -0.25) is 10.1 Å². The van der Waals surface area contributed by atoms with E-state index in [4.69, 9.17) is 0 Å². The van der Waals surface area contributed by atoms with E-state index in [-0.39, 0.29) is 5.69 Å². The molecule has 0 aliphatic carbocycles. The molecule has 0 unspecified atom stereocenters. The number of thiazole rings is 2. The third-order valence-corrected chi connectivity index (χ3v) is 4.53. The molecule has 106 valence electrons. The Hall–Kier alpha value is -2.32. The molecule has 0 spiro atoms. The summed E-state index contributed by atoms with van der Waals surface area (Å²) in [6, 6.07) is 6.51. The fraction of sp³-hybridized carbons (Fsp3) is 0.0769. The molecular formula is C13H10N4O2S2. The van der Waals surface area contributed by atoms with Crippen LogP contribution in [0.25, 0.3) is 10.6 Å². The summed E-state index contributed by atoms with van der Waals surface area (Å²) in [4.78, 5) is 20.3. The summed E-state index contributed by atoms with van der Waals surface area (Å²) >= 11 is 2.93. The highest BCUT2D eigenvalue weighted by atomic mass is 32.1. The van der Waals surface area contributed by atoms with Crippen molar-refractivity contribution in [3.63, 3.8) is 0 Å². The first-order chi connectivity index (χ1) is 10.1. The SMILES string of the molecule is Cc1ncsc1-c1csc(Nc2ccccc2[N+](=O)[O-])n1. The zero-order chi connectivity index (χ0) is 14.8. The Morgan fingerprint density at radius 1 is 1.29 bits per heavy atom. The average molecular weight is 318 g/mol. The van der Waals surface area contributed by atoms with Crippen LogP contribution in [-0.4, -0.2) is 14.9 Å². The Bertz CT molecular complexity index is 797. The Morgan fingerprint density at radius 3 is 2.81 bits per heavy atom. The van der Waals surface area contributed by atoms with Crippen molar-refractivity contribution in [3.05, 3.63) is 51.0 Å². The molecule has 0 aliphatic rings. The number of hydrogen-bond donors (Lipinski definition) is 1. The highest BCUT2D eigenvalue weighted by Crippen LogP contribution is 2.33. The standard InChI is InChI=1S/C13H10N4O2S2/c1-8-12(21-7-14-8)10-6-20-13(16-10)15-9-4-2-3-5-11(9)17(18)19/h2-7H,1H3,(H,15,16). The van der Waals surface area contributed by atoms with Crippen molar-refractivity contribution in [2.24, 2.45) is 0 Å². The van der Waals surface area contributed by atoms with Crippen molar-refractivity contribution in [2.75, 3.05) is 5.32 Å². The van der Waals surface area contributed by atoms with Gasteiger partial charge in [0.25, 0.3) is 5.69 Å². The molecule has 2 heterocycles. The van der Waals surface area contributed by atoms with Gasteiger partial charge in [-0.05, 0) is 13.0 Å². The van der Waals surface area contributed by atoms with Crippen molar-refractivity contribution in [1.29, 1.82) is 0 Å². The van der Waals surface area contributed by atoms with Crippen molar-refractivity contribution >= 4 is 39.2 Å². The fourth-order valence-corrected chi connectivity index (χ4v) is 3.39. The molecular weight excluding hydrogens is 308 g/mol. The van der Waals surface area contributed by atoms with Gasteiger partial charge in [0, 0.05) is 11.4 Å². The number of para-hydroxylation sites is 2.